The van der Waals surface area contributed by atoms with Crippen LogP contribution in [0.4, 0.5) is 0 Å². The minimum Gasteiger partial charge on any atom is -0.351 e. The van der Waals surface area contributed by atoms with Crippen LogP contribution in [0.25, 0.3) is 11.3 Å². The van der Waals surface area contributed by atoms with Gasteiger partial charge >= 0.3 is 0 Å². The number of aromatic nitrogens is 1. The first kappa shape index (κ1) is 18.0. The van der Waals surface area contributed by atoms with E-state index in [1.807, 2.05) is 42.5 Å². The number of nitrogens with two attached hydrogens (primary N) is 1. The summed E-state index contributed by atoms with van der Waals surface area (Å²) in [7, 11) is 0. The normalized spacial score (nSPS) is 28.0. The molecular weight excluding hydrogens is 334 g/mol. The number of fused-ring (bicyclic) bond motifs is 2. The molecule has 0 spiro atoms. The van der Waals surface area contributed by atoms with Gasteiger partial charge in [-0.15, -0.1) is 12.4 Å². The maximum Gasteiger partial charge on any atom is 0.267 e. The predicted molar refractivity (Wildman–Crippen MR) is 103 cm³/mol. The number of aromatic amines is 1. The van der Waals surface area contributed by atoms with Gasteiger partial charge in [-0.05, 0) is 55.2 Å². The van der Waals surface area contributed by atoms with Crippen LogP contribution < -0.4 is 11.1 Å². The minimum atomic E-state index is 0. The highest BCUT2D eigenvalue weighted by Gasteiger charge is 2.40. The molecule has 4 rings (SSSR count). The lowest BCUT2D eigenvalue weighted by atomic mass is 9.67. The molecule has 0 radical (unpaired) electrons. The molecule has 1 aromatic heterocycles. The smallest absolute Gasteiger partial charge is 0.267 e. The Morgan fingerprint density at radius 3 is 2.40 bits per heavy atom. The van der Waals surface area contributed by atoms with Crippen molar-refractivity contribution < 1.29 is 4.79 Å². The number of amides is 1. The summed E-state index contributed by atoms with van der Waals surface area (Å²) in [5.41, 5.74) is 8.89. The molecule has 2 atom stereocenters. The fourth-order valence-corrected chi connectivity index (χ4v) is 4.57. The zero-order chi connectivity index (χ0) is 16.5. The van der Waals surface area contributed by atoms with Gasteiger partial charge in [-0.3, -0.25) is 4.79 Å². The Morgan fingerprint density at radius 2 is 1.72 bits per heavy atom. The summed E-state index contributed by atoms with van der Waals surface area (Å²) < 4.78 is 0. The molecule has 2 aliphatic carbocycles. The lowest BCUT2D eigenvalue weighted by molar-refractivity contribution is 0.0752. The van der Waals surface area contributed by atoms with Crippen molar-refractivity contribution in [1.82, 2.24) is 10.3 Å². The van der Waals surface area contributed by atoms with Crippen LogP contribution in [0.1, 0.15) is 42.6 Å². The standard InChI is InChI=1S/C20H25N3O.ClH/c21-16-11-14-7-4-8-15(12-16)19(14)23-20(24)18-10-9-17(22-18)13-5-2-1-3-6-13;/h1-3,5-6,9-10,14-16,19,22H,4,7-8,11-12,21H2,(H,23,24);1H. The zero-order valence-electron chi connectivity index (χ0n) is 14.3. The number of benzene rings is 1. The molecule has 25 heavy (non-hydrogen) atoms. The molecule has 2 unspecified atom stereocenters. The van der Waals surface area contributed by atoms with Gasteiger partial charge in [-0.25, -0.2) is 0 Å². The van der Waals surface area contributed by atoms with Crippen LogP contribution in [0.2, 0.25) is 0 Å². The minimum absolute atomic E-state index is 0. The van der Waals surface area contributed by atoms with Gasteiger partial charge < -0.3 is 16.0 Å². The topological polar surface area (TPSA) is 70.9 Å². The van der Waals surface area contributed by atoms with Crippen molar-refractivity contribution in [1.29, 1.82) is 0 Å². The van der Waals surface area contributed by atoms with Crippen LogP contribution in [0, 0.1) is 11.8 Å². The van der Waals surface area contributed by atoms with Crippen molar-refractivity contribution in [2.45, 2.75) is 44.2 Å². The van der Waals surface area contributed by atoms with E-state index in [1.54, 1.807) is 0 Å². The summed E-state index contributed by atoms with van der Waals surface area (Å²) >= 11 is 0. The summed E-state index contributed by atoms with van der Waals surface area (Å²) in [6.45, 7) is 0. The zero-order valence-corrected chi connectivity index (χ0v) is 15.1. The van der Waals surface area contributed by atoms with E-state index in [2.05, 4.69) is 10.3 Å². The molecule has 134 valence electrons. The third-order valence-electron chi connectivity index (χ3n) is 5.69. The van der Waals surface area contributed by atoms with Gasteiger partial charge in [-0.1, -0.05) is 36.8 Å². The Kier molecular flexibility index (Phi) is 5.50. The average molecular weight is 360 g/mol. The highest BCUT2D eigenvalue weighted by atomic mass is 35.5. The van der Waals surface area contributed by atoms with Gasteiger partial charge in [0, 0.05) is 17.8 Å². The van der Waals surface area contributed by atoms with E-state index in [0.717, 1.165) is 24.1 Å². The van der Waals surface area contributed by atoms with E-state index >= 15 is 0 Å². The van der Waals surface area contributed by atoms with Gasteiger partial charge in [0.1, 0.15) is 5.69 Å². The molecule has 4 N–H and O–H groups in total. The first-order valence-corrected chi connectivity index (χ1v) is 9.01. The largest absolute Gasteiger partial charge is 0.351 e. The number of rotatable bonds is 3. The van der Waals surface area contributed by atoms with Crippen LogP contribution in [0.5, 0.6) is 0 Å². The van der Waals surface area contributed by atoms with Crippen molar-refractivity contribution in [3.8, 4) is 11.3 Å². The fourth-order valence-electron chi connectivity index (χ4n) is 4.57. The van der Waals surface area contributed by atoms with E-state index in [0.29, 0.717) is 23.6 Å². The van der Waals surface area contributed by atoms with Gasteiger partial charge in [0.2, 0.25) is 0 Å². The number of hydrogen-bond donors (Lipinski definition) is 3. The number of hydrogen-bond acceptors (Lipinski definition) is 2. The summed E-state index contributed by atoms with van der Waals surface area (Å²) in [4.78, 5) is 16.0. The number of carbonyl (C=O) groups excluding carboxylic acids is 1. The lowest BCUT2D eigenvalue weighted by Crippen LogP contribution is -2.53. The molecule has 2 aromatic rings. The quantitative estimate of drug-likeness (QED) is 0.781. The van der Waals surface area contributed by atoms with E-state index in [1.165, 1.54) is 19.3 Å². The monoisotopic (exact) mass is 359 g/mol. The van der Waals surface area contributed by atoms with Crippen LogP contribution in [-0.4, -0.2) is 23.0 Å². The molecule has 1 amide bonds. The summed E-state index contributed by atoms with van der Waals surface area (Å²) in [6, 6.07) is 14.5. The van der Waals surface area contributed by atoms with Gasteiger partial charge in [0.05, 0.1) is 0 Å². The molecule has 1 heterocycles. The van der Waals surface area contributed by atoms with Gasteiger partial charge in [-0.2, -0.15) is 0 Å². The molecule has 1 aromatic carbocycles. The maximum absolute atomic E-state index is 12.7. The lowest BCUT2D eigenvalue weighted by Gasteiger charge is -2.45. The third-order valence-corrected chi connectivity index (χ3v) is 5.69. The molecule has 2 fully saturated rings. The molecular formula is C20H26ClN3O. The van der Waals surface area contributed by atoms with Gasteiger partial charge in [0.15, 0.2) is 0 Å². The second-order valence-corrected chi connectivity index (χ2v) is 7.33. The molecule has 0 aliphatic heterocycles. The molecule has 2 aliphatic rings. The first-order valence-electron chi connectivity index (χ1n) is 9.01. The summed E-state index contributed by atoms with van der Waals surface area (Å²) in [5.74, 6) is 1.09. The van der Waals surface area contributed by atoms with Gasteiger partial charge in [0.25, 0.3) is 5.91 Å². The highest BCUT2D eigenvalue weighted by Crippen LogP contribution is 2.39. The van der Waals surface area contributed by atoms with Crippen LogP contribution in [-0.2, 0) is 0 Å². The average Bonchev–Trinajstić information content (AvgIpc) is 3.07. The Bertz CT molecular complexity index is 701. The van der Waals surface area contributed by atoms with Crippen LogP contribution >= 0.6 is 12.4 Å². The molecule has 0 saturated heterocycles. The van der Waals surface area contributed by atoms with E-state index in [4.69, 9.17) is 5.73 Å². The van der Waals surface area contributed by atoms with Crippen molar-refractivity contribution in [2.24, 2.45) is 17.6 Å². The SMILES string of the molecule is Cl.NC1CC2CCCC(C1)C2NC(=O)c1ccc(-c2ccccc2)[nH]1. The summed E-state index contributed by atoms with van der Waals surface area (Å²) in [6.07, 6.45) is 5.74. The molecule has 2 saturated carbocycles. The number of halogens is 1. The Labute approximate surface area is 155 Å². The maximum atomic E-state index is 12.7. The van der Waals surface area contributed by atoms with E-state index < -0.39 is 0 Å². The second kappa shape index (κ2) is 7.63. The first-order chi connectivity index (χ1) is 11.7. The third kappa shape index (κ3) is 3.75. The van der Waals surface area contributed by atoms with E-state index in [-0.39, 0.29) is 24.4 Å². The fraction of sp³-hybridized carbons (Fsp3) is 0.450. The Hall–Kier alpha value is -1.78. The number of nitrogens with one attached hydrogen (secondary N) is 2. The summed E-state index contributed by atoms with van der Waals surface area (Å²) in [5, 5.41) is 3.30. The Morgan fingerprint density at radius 1 is 1.04 bits per heavy atom. The Balaban J connectivity index is 0.00000182. The molecule has 2 bridgehead atoms. The number of carbonyl (C=O) groups is 1. The van der Waals surface area contributed by atoms with Crippen LogP contribution in [0.15, 0.2) is 42.5 Å². The van der Waals surface area contributed by atoms with E-state index in [9.17, 15) is 4.79 Å². The number of H-pyrrole nitrogens is 1. The molecule has 5 heteroatoms. The van der Waals surface area contributed by atoms with Crippen molar-refractivity contribution >= 4 is 18.3 Å². The highest BCUT2D eigenvalue weighted by molar-refractivity contribution is 5.93. The second-order valence-electron chi connectivity index (χ2n) is 7.33. The predicted octanol–water partition coefficient (Wildman–Crippen LogP) is 3.74. The van der Waals surface area contributed by atoms with Crippen LogP contribution in [0.3, 0.4) is 0 Å². The molecule has 4 nitrogen and oxygen atoms in total. The van der Waals surface area contributed by atoms with Crippen molar-refractivity contribution in [3.63, 3.8) is 0 Å². The van der Waals surface area contributed by atoms with Crippen molar-refractivity contribution in [2.75, 3.05) is 0 Å². The van der Waals surface area contributed by atoms with Crippen molar-refractivity contribution in [3.05, 3.63) is 48.2 Å².